The smallest absolute Gasteiger partial charge is 0.295 e. The molecule has 1 aromatic rings. The number of methoxy groups -OCH3 is 1. The summed E-state index contributed by atoms with van der Waals surface area (Å²) in [5, 5.41) is 9.30. The zero-order chi connectivity index (χ0) is 14.0. The normalized spacial score (nSPS) is 22.3. The number of H-pyrrole nitrogens is 1. The van der Waals surface area contributed by atoms with Crippen LogP contribution in [0.1, 0.15) is 13.8 Å². The molecule has 0 saturated carbocycles. The molecule has 7 heteroatoms. The van der Waals surface area contributed by atoms with Crippen LogP contribution in [0.4, 0.5) is 5.82 Å². The number of nitrogens with one attached hydrogen (secondary N) is 1. The molecule has 1 atom stereocenters. The highest BCUT2D eigenvalue weighted by atomic mass is 16.5. The molecular weight excluding hydrogens is 250 g/mol. The first-order chi connectivity index (χ1) is 8.96. The Bertz CT molecular complexity index is 500. The Hall–Kier alpha value is -1.60. The highest BCUT2D eigenvalue weighted by molar-refractivity contribution is 5.51. The van der Waals surface area contributed by atoms with Crippen LogP contribution in [0.15, 0.2) is 11.1 Å². The first-order valence-electron chi connectivity index (χ1n) is 6.12. The maximum atomic E-state index is 11.7. The molecule has 0 bridgehead atoms. The number of morpholine rings is 1. The van der Waals surface area contributed by atoms with Crippen LogP contribution in [0.3, 0.4) is 0 Å². The molecule has 1 aliphatic heterocycles. The molecule has 1 unspecified atom stereocenters. The molecule has 0 aliphatic carbocycles. The predicted octanol–water partition coefficient (Wildman–Crippen LogP) is -0.245. The third-order valence-electron chi connectivity index (χ3n) is 2.98. The Balaban J connectivity index is 2.35. The van der Waals surface area contributed by atoms with Gasteiger partial charge in [-0.3, -0.25) is 4.79 Å². The number of anilines is 1. The van der Waals surface area contributed by atoms with Gasteiger partial charge in [0.1, 0.15) is 0 Å². The van der Waals surface area contributed by atoms with Gasteiger partial charge in [-0.2, -0.15) is 0 Å². The van der Waals surface area contributed by atoms with E-state index in [1.807, 2.05) is 18.7 Å². The SMILES string of the molecule is COc1c(N2CC(CO)OC(C)(C)C2)nc[nH]c1=O. The second-order valence-electron chi connectivity index (χ2n) is 5.15. The molecule has 2 rings (SSSR count). The lowest BCUT2D eigenvalue weighted by Crippen LogP contribution is -2.54. The molecule has 0 amide bonds. The Morgan fingerprint density at radius 3 is 3.05 bits per heavy atom. The van der Waals surface area contributed by atoms with E-state index in [4.69, 9.17) is 9.47 Å². The van der Waals surface area contributed by atoms with Crippen LogP contribution in [0, 0.1) is 0 Å². The van der Waals surface area contributed by atoms with E-state index in [-0.39, 0.29) is 24.0 Å². The van der Waals surface area contributed by atoms with Gasteiger partial charge in [-0.25, -0.2) is 4.98 Å². The maximum absolute atomic E-state index is 11.7. The monoisotopic (exact) mass is 269 g/mol. The number of aromatic nitrogens is 2. The predicted molar refractivity (Wildman–Crippen MR) is 69.7 cm³/mol. The zero-order valence-electron chi connectivity index (χ0n) is 11.3. The molecule has 2 heterocycles. The minimum Gasteiger partial charge on any atom is -0.489 e. The Morgan fingerprint density at radius 2 is 2.42 bits per heavy atom. The number of aliphatic hydroxyl groups excluding tert-OH is 1. The van der Waals surface area contributed by atoms with Crippen LogP contribution < -0.4 is 15.2 Å². The summed E-state index contributed by atoms with van der Waals surface area (Å²) in [6.45, 7) is 4.82. The first-order valence-corrected chi connectivity index (χ1v) is 6.12. The molecule has 106 valence electrons. The van der Waals surface area contributed by atoms with E-state index in [2.05, 4.69) is 9.97 Å². The number of rotatable bonds is 3. The second kappa shape index (κ2) is 5.18. The first kappa shape index (κ1) is 13.8. The van der Waals surface area contributed by atoms with Gasteiger partial charge in [0, 0.05) is 13.1 Å². The Morgan fingerprint density at radius 1 is 1.68 bits per heavy atom. The molecule has 1 fully saturated rings. The van der Waals surface area contributed by atoms with Gasteiger partial charge in [-0.1, -0.05) is 0 Å². The highest BCUT2D eigenvalue weighted by Crippen LogP contribution is 2.28. The van der Waals surface area contributed by atoms with Gasteiger partial charge in [0.15, 0.2) is 5.82 Å². The molecular formula is C12H19N3O4. The molecule has 0 aromatic carbocycles. The molecule has 0 spiro atoms. The number of aliphatic hydroxyl groups is 1. The van der Waals surface area contributed by atoms with E-state index in [0.717, 1.165) is 0 Å². The summed E-state index contributed by atoms with van der Waals surface area (Å²) in [5.41, 5.74) is -0.752. The van der Waals surface area contributed by atoms with Crippen LogP contribution in [0.5, 0.6) is 5.75 Å². The third-order valence-corrected chi connectivity index (χ3v) is 2.98. The fraction of sp³-hybridized carbons (Fsp3) is 0.667. The van der Waals surface area contributed by atoms with Crippen LogP contribution in [0.25, 0.3) is 0 Å². The Kier molecular flexibility index (Phi) is 3.77. The van der Waals surface area contributed by atoms with Crippen molar-refractivity contribution in [2.45, 2.75) is 25.6 Å². The molecule has 1 aliphatic rings. The van der Waals surface area contributed by atoms with Crippen molar-refractivity contribution in [3.63, 3.8) is 0 Å². The lowest BCUT2D eigenvalue weighted by molar-refractivity contribution is -0.101. The summed E-state index contributed by atoms with van der Waals surface area (Å²) < 4.78 is 10.8. The van der Waals surface area contributed by atoms with Crippen LogP contribution in [-0.4, -0.2) is 53.6 Å². The van der Waals surface area contributed by atoms with Gasteiger partial charge in [-0.05, 0) is 13.8 Å². The van der Waals surface area contributed by atoms with E-state index >= 15 is 0 Å². The van der Waals surface area contributed by atoms with Gasteiger partial charge < -0.3 is 24.5 Å². The fourth-order valence-corrected chi connectivity index (χ4v) is 2.34. The van der Waals surface area contributed by atoms with Crippen molar-refractivity contribution in [2.24, 2.45) is 0 Å². The van der Waals surface area contributed by atoms with Crippen molar-refractivity contribution in [1.82, 2.24) is 9.97 Å². The average molecular weight is 269 g/mol. The van der Waals surface area contributed by atoms with Crippen molar-refractivity contribution < 1.29 is 14.6 Å². The summed E-state index contributed by atoms with van der Waals surface area (Å²) in [6.07, 6.45) is 1.03. The molecule has 19 heavy (non-hydrogen) atoms. The largest absolute Gasteiger partial charge is 0.489 e. The van der Waals surface area contributed by atoms with Crippen molar-refractivity contribution in [1.29, 1.82) is 0 Å². The summed E-state index contributed by atoms with van der Waals surface area (Å²) in [4.78, 5) is 20.3. The van der Waals surface area contributed by atoms with Gasteiger partial charge in [0.05, 0.1) is 31.7 Å². The van der Waals surface area contributed by atoms with Crippen molar-refractivity contribution >= 4 is 5.82 Å². The van der Waals surface area contributed by atoms with Crippen molar-refractivity contribution in [2.75, 3.05) is 31.7 Å². The standard InChI is InChI=1S/C12H19N3O4/c1-12(2)6-15(4-8(5-16)19-12)10-9(18-3)11(17)14-7-13-10/h7-8,16H,4-6H2,1-3H3,(H,13,14,17). The van der Waals surface area contributed by atoms with Crippen molar-refractivity contribution in [3.05, 3.63) is 16.7 Å². The van der Waals surface area contributed by atoms with Crippen LogP contribution >= 0.6 is 0 Å². The van der Waals surface area contributed by atoms with Crippen LogP contribution in [0.2, 0.25) is 0 Å². The molecule has 1 saturated heterocycles. The topological polar surface area (TPSA) is 87.7 Å². The number of nitrogens with zero attached hydrogens (tertiary/aromatic N) is 2. The lowest BCUT2D eigenvalue weighted by Gasteiger charge is -2.42. The maximum Gasteiger partial charge on any atom is 0.295 e. The molecule has 1 aromatic heterocycles. The van der Waals surface area contributed by atoms with E-state index in [1.165, 1.54) is 13.4 Å². The molecule has 7 nitrogen and oxygen atoms in total. The van der Waals surface area contributed by atoms with Gasteiger partial charge in [-0.15, -0.1) is 0 Å². The summed E-state index contributed by atoms with van der Waals surface area (Å²) in [5.74, 6) is 0.651. The minimum atomic E-state index is -0.430. The van der Waals surface area contributed by atoms with E-state index in [1.54, 1.807) is 0 Å². The average Bonchev–Trinajstić information content (AvgIpc) is 2.36. The molecule has 0 radical (unpaired) electrons. The zero-order valence-corrected chi connectivity index (χ0v) is 11.3. The number of hydrogen-bond acceptors (Lipinski definition) is 6. The molecule has 2 N–H and O–H groups in total. The summed E-state index contributed by atoms with van der Waals surface area (Å²) >= 11 is 0. The highest BCUT2D eigenvalue weighted by Gasteiger charge is 2.35. The number of ether oxygens (including phenoxy) is 2. The lowest BCUT2D eigenvalue weighted by atomic mass is 10.1. The van der Waals surface area contributed by atoms with Gasteiger partial charge in [0.25, 0.3) is 5.56 Å². The third kappa shape index (κ3) is 2.87. The summed E-state index contributed by atoms with van der Waals surface area (Å²) in [7, 11) is 1.44. The van der Waals surface area contributed by atoms with Crippen LogP contribution in [-0.2, 0) is 4.74 Å². The van der Waals surface area contributed by atoms with E-state index < -0.39 is 5.60 Å². The second-order valence-corrected chi connectivity index (χ2v) is 5.15. The minimum absolute atomic E-state index is 0.0779. The van der Waals surface area contributed by atoms with Gasteiger partial charge in [0.2, 0.25) is 5.75 Å². The fourth-order valence-electron chi connectivity index (χ4n) is 2.34. The van der Waals surface area contributed by atoms with E-state index in [0.29, 0.717) is 18.9 Å². The quantitative estimate of drug-likeness (QED) is 0.787. The summed E-state index contributed by atoms with van der Waals surface area (Å²) in [6, 6.07) is 0. The van der Waals surface area contributed by atoms with Crippen molar-refractivity contribution in [3.8, 4) is 5.75 Å². The Labute approximate surface area is 111 Å². The van der Waals surface area contributed by atoms with E-state index in [9.17, 15) is 9.90 Å². The number of aromatic amines is 1. The van der Waals surface area contributed by atoms with Gasteiger partial charge >= 0.3 is 0 Å². The number of hydrogen-bond donors (Lipinski definition) is 2.